The summed E-state index contributed by atoms with van der Waals surface area (Å²) in [6.45, 7) is 5.31. The van der Waals surface area contributed by atoms with Crippen LogP contribution in [0.1, 0.15) is 39.8 Å². The van der Waals surface area contributed by atoms with Gasteiger partial charge in [0.15, 0.2) is 5.75 Å². The molecular weight excluding hydrogens is 469 g/mol. The van der Waals surface area contributed by atoms with Gasteiger partial charge >= 0.3 is 18.7 Å². The summed E-state index contributed by atoms with van der Waals surface area (Å²) in [5, 5.41) is 3.04. The highest BCUT2D eigenvalue weighted by atomic mass is 32.7. The number of nitrogens with one attached hydrogen (secondary N) is 2. The second-order valence-corrected chi connectivity index (χ2v) is 11.2. The molecule has 0 radical (unpaired) electrons. The lowest BCUT2D eigenvalue weighted by molar-refractivity contribution is -0.149. The number of benzene rings is 1. The Kier molecular flexibility index (Phi) is 8.72. The van der Waals surface area contributed by atoms with Gasteiger partial charge in [-0.2, -0.15) is 4.52 Å². The van der Waals surface area contributed by atoms with Gasteiger partial charge in [0.05, 0.1) is 24.5 Å². The zero-order valence-electron chi connectivity index (χ0n) is 18.7. The number of carbonyl (C=O) groups is 1. The van der Waals surface area contributed by atoms with Crippen molar-refractivity contribution in [2.45, 2.75) is 58.1 Å². The molecule has 1 fully saturated rings. The van der Waals surface area contributed by atoms with Crippen molar-refractivity contribution in [2.24, 2.45) is 0 Å². The number of rotatable bonds is 10. The number of esters is 1. The quantitative estimate of drug-likeness (QED) is 0.260. The third-order valence-corrected chi connectivity index (χ3v) is 7.33. The Morgan fingerprint density at radius 1 is 1.24 bits per heavy atom. The van der Waals surface area contributed by atoms with E-state index >= 15 is 0 Å². The molecule has 2 heterocycles. The normalized spacial score (nSPS) is 20.9. The minimum Gasteiger partial charge on any atom is -0.462 e. The molecular formula is C21H29N3O7PS+. The van der Waals surface area contributed by atoms with Crippen LogP contribution < -0.4 is 20.9 Å². The molecule has 2 N–H and O–H groups in total. The van der Waals surface area contributed by atoms with Crippen LogP contribution in [0.5, 0.6) is 5.75 Å². The Labute approximate surface area is 197 Å². The van der Waals surface area contributed by atoms with Crippen molar-refractivity contribution in [2.75, 3.05) is 6.61 Å². The first-order chi connectivity index (χ1) is 15.6. The van der Waals surface area contributed by atoms with Crippen LogP contribution in [0.2, 0.25) is 0 Å². The molecule has 180 valence electrons. The van der Waals surface area contributed by atoms with E-state index in [1.807, 2.05) is 18.2 Å². The number of carbonyl (C=O) groups excluding carboxylic acids is 1. The number of nitrogens with zero attached hydrogens (tertiary/aromatic N) is 1. The third kappa shape index (κ3) is 7.41. The summed E-state index contributed by atoms with van der Waals surface area (Å²) in [6.07, 6.45) is 1.50. The van der Waals surface area contributed by atoms with E-state index in [1.165, 1.54) is 16.8 Å². The standard InChI is InChI=1S/C21H28N3O7PS/c1-14(2)29-20(26)15(3)23-32(33,31-16-7-5-4-6-8-16)28-13-17-9-10-19(30-17)24-12-11-18(25)22-21(24)27/h4-8,11-12,14-15,17,19,23,33H,9-10,13H2,1-3H3/p+1. The molecule has 2 aromatic rings. The largest absolute Gasteiger partial charge is 0.462 e. The Morgan fingerprint density at radius 3 is 2.64 bits per heavy atom. The first-order valence-corrected chi connectivity index (χ1v) is 13.4. The first-order valence-electron chi connectivity index (χ1n) is 10.6. The molecule has 4 unspecified atom stereocenters. The summed E-state index contributed by atoms with van der Waals surface area (Å²) in [5.74, 6) is 0.0843. The lowest BCUT2D eigenvalue weighted by Crippen LogP contribution is -2.37. The number of ether oxygens (including phenoxy) is 2. The summed E-state index contributed by atoms with van der Waals surface area (Å²) in [7, 11) is -3.06. The van der Waals surface area contributed by atoms with Crippen molar-refractivity contribution in [3.8, 4) is 5.75 Å². The van der Waals surface area contributed by atoms with Gasteiger partial charge in [0, 0.05) is 12.3 Å². The lowest BCUT2D eigenvalue weighted by Gasteiger charge is -2.23. The predicted octanol–water partition coefficient (Wildman–Crippen LogP) is 2.85. The van der Waals surface area contributed by atoms with Gasteiger partial charge in [0.2, 0.25) is 0 Å². The van der Waals surface area contributed by atoms with Crippen LogP contribution in [-0.2, 0) is 18.8 Å². The number of hydrogen-bond acceptors (Lipinski definition) is 9. The molecule has 3 rings (SSSR count). The number of H-pyrrole nitrogens is 1. The van der Waals surface area contributed by atoms with Crippen molar-refractivity contribution >= 4 is 25.3 Å². The van der Waals surface area contributed by atoms with Crippen LogP contribution in [0.15, 0.2) is 52.2 Å². The fourth-order valence-electron chi connectivity index (χ4n) is 3.20. The van der Waals surface area contributed by atoms with E-state index in [1.54, 1.807) is 32.9 Å². The van der Waals surface area contributed by atoms with E-state index < -0.39 is 36.6 Å². The topological polar surface area (TPSA) is 121 Å². The zero-order chi connectivity index (χ0) is 24.0. The molecule has 10 nitrogen and oxygen atoms in total. The summed E-state index contributed by atoms with van der Waals surface area (Å²) in [5.41, 5.74) is -0.996. The monoisotopic (exact) mass is 498 g/mol. The summed E-state index contributed by atoms with van der Waals surface area (Å²) in [6, 6.07) is 9.56. The molecule has 1 saturated heterocycles. The molecule has 1 aromatic carbocycles. The van der Waals surface area contributed by atoms with Gasteiger partial charge in [-0.3, -0.25) is 23.7 Å². The maximum absolute atomic E-state index is 12.3. The number of aromatic amines is 1. The maximum atomic E-state index is 12.3. The van der Waals surface area contributed by atoms with Crippen molar-refractivity contribution in [3.63, 3.8) is 0 Å². The fraction of sp³-hybridized carbons (Fsp3) is 0.476. The molecule has 4 atom stereocenters. The SMILES string of the molecule is CC(C)OC(=O)C(C)N[P+](S)(OCC1CCC(n2ccc(=O)[nH]c2=O)O1)Oc1ccccc1. The van der Waals surface area contributed by atoms with Gasteiger partial charge in [-0.25, -0.2) is 4.79 Å². The number of para-hydroxylation sites is 1. The average molecular weight is 499 g/mol. The molecule has 0 spiro atoms. The van der Waals surface area contributed by atoms with E-state index in [0.29, 0.717) is 18.6 Å². The third-order valence-electron chi connectivity index (χ3n) is 4.72. The lowest BCUT2D eigenvalue weighted by atomic mass is 10.2. The summed E-state index contributed by atoms with van der Waals surface area (Å²) < 4.78 is 24.6. The predicted molar refractivity (Wildman–Crippen MR) is 127 cm³/mol. The Hall–Kier alpha value is -2.17. The van der Waals surface area contributed by atoms with E-state index in [2.05, 4.69) is 22.3 Å². The molecule has 1 aliphatic heterocycles. The van der Waals surface area contributed by atoms with E-state index in [-0.39, 0.29) is 18.8 Å². The molecule has 1 aromatic heterocycles. The van der Waals surface area contributed by atoms with Crippen molar-refractivity contribution in [1.82, 2.24) is 14.6 Å². The highest BCUT2D eigenvalue weighted by Crippen LogP contribution is 2.61. The summed E-state index contributed by atoms with van der Waals surface area (Å²) >= 11 is 4.64. The highest BCUT2D eigenvalue weighted by Gasteiger charge is 2.46. The molecule has 0 aliphatic carbocycles. The number of hydrogen-bond donors (Lipinski definition) is 3. The van der Waals surface area contributed by atoms with Crippen molar-refractivity contribution in [1.29, 1.82) is 0 Å². The van der Waals surface area contributed by atoms with Crippen LogP contribution in [0, 0.1) is 0 Å². The average Bonchev–Trinajstić information content (AvgIpc) is 3.21. The minimum absolute atomic E-state index is 0.123. The van der Waals surface area contributed by atoms with Crippen LogP contribution in [0.3, 0.4) is 0 Å². The van der Waals surface area contributed by atoms with Crippen molar-refractivity contribution < 1.29 is 23.3 Å². The maximum Gasteiger partial charge on any atom is 0.455 e. The van der Waals surface area contributed by atoms with Gasteiger partial charge in [-0.1, -0.05) is 18.2 Å². The second kappa shape index (κ2) is 11.3. The molecule has 33 heavy (non-hydrogen) atoms. The molecule has 1 aliphatic rings. The molecule has 0 bridgehead atoms. The smallest absolute Gasteiger partial charge is 0.455 e. The Morgan fingerprint density at radius 2 is 1.97 bits per heavy atom. The van der Waals surface area contributed by atoms with Crippen LogP contribution in [0.25, 0.3) is 0 Å². The second-order valence-electron chi connectivity index (χ2n) is 7.86. The van der Waals surface area contributed by atoms with Gasteiger partial charge in [-0.05, 0) is 45.7 Å². The van der Waals surface area contributed by atoms with Crippen molar-refractivity contribution in [3.05, 3.63) is 63.4 Å². The first kappa shape index (κ1) is 25.5. The minimum atomic E-state index is -3.06. The molecule has 12 heteroatoms. The number of aromatic nitrogens is 2. The highest BCUT2D eigenvalue weighted by molar-refractivity contribution is 8.48. The van der Waals surface area contributed by atoms with Gasteiger partial charge in [0.1, 0.15) is 18.9 Å². The van der Waals surface area contributed by atoms with Crippen LogP contribution >= 0.6 is 19.3 Å². The summed E-state index contributed by atoms with van der Waals surface area (Å²) in [4.78, 5) is 37.8. The fourth-order valence-corrected chi connectivity index (χ4v) is 5.75. The van der Waals surface area contributed by atoms with E-state index in [0.717, 1.165) is 0 Å². The van der Waals surface area contributed by atoms with Crippen LogP contribution in [0.4, 0.5) is 0 Å². The van der Waals surface area contributed by atoms with E-state index in [4.69, 9.17) is 18.5 Å². The molecule has 0 amide bonds. The van der Waals surface area contributed by atoms with Gasteiger partial charge in [-0.15, -0.1) is 5.09 Å². The zero-order valence-corrected chi connectivity index (χ0v) is 20.5. The van der Waals surface area contributed by atoms with Crippen LogP contribution in [-0.4, -0.2) is 40.4 Å². The van der Waals surface area contributed by atoms with Gasteiger partial charge in [0.25, 0.3) is 5.56 Å². The molecule has 0 saturated carbocycles. The van der Waals surface area contributed by atoms with E-state index in [9.17, 15) is 14.4 Å². The Balaban J connectivity index is 1.66. The van der Waals surface area contributed by atoms with Gasteiger partial charge < -0.3 is 9.47 Å². The number of thiol groups is 1. The Bertz CT molecular complexity index is 1050.